The molecule has 0 amide bonds. The zero-order valence-corrected chi connectivity index (χ0v) is 22.0. The van der Waals surface area contributed by atoms with Crippen molar-refractivity contribution >= 4 is 13.7 Å². The largest absolute Gasteiger partial charge is 0.464 e. The van der Waals surface area contributed by atoms with E-state index in [4.69, 9.17) is 18.5 Å². The lowest BCUT2D eigenvalue weighted by atomic mass is 9.99. The summed E-state index contributed by atoms with van der Waals surface area (Å²) >= 11 is 0. The van der Waals surface area contributed by atoms with E-state index in [9.17, 15) is 18.9 Å². The van der Waals surface area contributed by atoms with Crippen LogP contribution in [0, 0.1) is 11.3 Å². The molecule has 12 heteroatoms. The number of nitrogens with one attached hydrogen (secondary N) is 2. The first-order chi connectivity index (χ1) is 16.8. The third-order valence-corrected chi connectivity index (χ3v) is 6.97. The fourth-order valence-corrected chi connectivity index (χ4v) is 5.11. The molecule has 1 aliphatic rings. The summed E-state index contributed by atoms with van der Waals surface area (Å²) in [5.74, 6) is -0.383. The van der Waals surface area contributed by atoms with Crippen LogP contribution in [0.15, 0.2) is 52.2 Å². The smallest absolute Gasteiger partial charge is 0.459 e. The number of nitrogens with zero attached hydrogens (tertiary/aromatic N) is 1. The van der Waals surface area contributed by atoms with E-state index in [-0.39, 0.29) is 24.5 Å². The lowest BCUT2D eigenvalue weighted by Gasteiger charge is -2.25. The molecule has 1 unspecified atom stereocenters. The average molecular weight is 524 g/mol. The normalized spacial score (nSPS) is 22.5. The Kier molecular flexibility index (Phi) is 8.94. The van der Waals surface area contributed by atoms with Gasteiger partial charge < -0.3 is 14.0 Å². The second kappa shape index (κ2) is 11.6. The Labute approximate surface area is 209 Å². The van der Waals surface area contributed by atoms with Gasteiger partial charge in [-0.25, -0.2) is 9.36 Å². The molecule has 1 saturated heterocycles. The van der Waals surface area contributed by atoms with Gasteiger partial charge in [0.1, 0.15) is 18.0 Å². The van der Waals surface area contributed by atoms with Gasteiger partial charge in [0.05, 0.1) is 19.3 Å². The Bertz CT molecular complexity index is 1190. The van der Waals surface area contributed by atoms with E-state index in [1.807, 2.05) is 27.7 Å². The summed E-state index contributed by atoms with van der Waals surface area (Å²) in [5, 5.41) is 2.66. The SMILES string of the molecule is C[C@@H](NP(=O)(OC[C@@H]1C[C@H](C)[C@H](n2ccc(=O)[nH]c2=O)O1)Oc1ccccc1)C(=O)OCC(C)(C)C. The fraction of sp³-hybridized carbons (Fsp3) is 0.542. The first-order valence-corrected chi connectivity index (χ1v) is 13.3. The Morgan fingerprint density at radius 1 is 1.25 bits per heavy atom. The summed E-state index contributed by atoms with van der Waals surface area (Å²) in [4.78, 5) is 38.2. The Balaban J connectivity index is 1.69. The van der Waals surface area contributed by atoms with Crippen molar-refractivity contribution in [2.45, 2.75) is 59.4 Å². The Morgan fingerprint density at radius 2 is 1.94 bits per heavy atom. The van der Waals surface area contributed by atoms with Crippen molar-refractivity contribution < 1.29 is 27.9 Å². The van der Waals surface area contributed by atoms with Gasteiger partial charge in [0.25, 0.3) is 5.56 Å². The number of carbonyl (C=O) groups excluding carboxylic acids is 1. The van der Waals surface area contributed by atoms with Gasteiger partial charge in [-0.15, -0.1) is 0 Å². The molecule has 3 rings (SSSR count). The minimum atomic E-state index is -4.04. The predicted octanol–water partition coefficient (Wildman–Crippen LogP) is 3.23. The van der Waals surface area contributed by atoms with E-state index in [2.05, 4.69) is 10.1 Å². The topological polar surface area (TPSA) is 138 Å². The maximum absolute atomic E-state index is 13.7. The molecule has 11 nitrogen and oxygen atoms in total. The maximum atomic E-state index is 13.7. The van der Waals surface area contributed by atoms with Crippen molar-refractivity contribution in [2.24, 2.45) is 11.3 Å². The molecule has 0 bridgehead atoms. The molecule has 1 aromatic carbocycles. The molecule has 5 atom stereocenters. The van der Waals surface area contributed by atoms with Crippen molar-refractivity contribution in [3.05, 3.63) is 63.4 Å². The summed E-state index contributed by atoms with van der Waals surface area (Å²) in [7, 11) is -4.04. The molecule has 0 aliphatic carbocycles. The van der Waals surface area contributed by atoms with E-state index in [1.165, 1.54) is 23.8 Å². The van der Waals surface area contributed by atoms with Crippen LogP contribution in [0.1, 0.15) is 47.3 Å². The van der Waals surface area contributed by atoms with Crippen LogP contribution in [0.25, 0.3) is 0 Å². The van der Waals surface area contributed by atoms with Crippen LogP contribution in [-0.4, -0.2) is 40.9 Å². The Morgan fingerprint density at radius 3 is 2.58 bits per heavy atom. The van der Waals surface area contributed by atoms with Crippen molar-refractivity contribution in [1.29, 1.82) is 0 Å². The average Bonchev–Trinajstić information content (AvgIpc) is 3.16. The first kappa shape index (κ1) is 27.9. The highest BCUT2D eigenvalue weighted by Crippen LogP contribution is 2.46. The number of hydrogen-bond donors (Lipinski definition) is 2. The number of aromatic nitrogens is 2. The van der Waals surface area contributed by atoms with Gasteiger partial charge >= 0.3 is 19.4 Å². The summed E-state index contributed by atoms with van der Waals surface area (Å²) in [6.07, 6.45) is 0.740. The molecule has 1 aromatic heterocycles. The van der Waals surface area contributed by atoms with Gasteiger partial charge in [-0.2, -0.15) is 5.09 Å². The van der Waals surface area contributed by atoms with Crippen molar-refractivity contribution in [3.8, 4) is 5.75 Å². The third kappa shape index (κ3) is 7.89. The highest BCUT2D eigenvalue weighted by molar-refractivity contribution is 7.52. The summed E-state index contributed by atoms with van der Waals surface area (Å²) in [5.41, 5.74) is -1.30. The van der Waals surface area contributed by atoms with Gasteiger partial charge in [-0.3, -0.25) is 23.7 Å². The lowest BCUT2D eigenvalue weighted by molar-refractivity contribution is -0.148. The lowest BCUT2D eigenvalue weighted by Crippen LogP contribution is -2.37. The molecular weight excluding hydrogens is 489 g/mol. The van der Waals surface area contributed by atoms with Gasteiger partial charge in [-0.1, -0.05) is 45.9 Å². The summed E-state index contributed by atoms with van der Waals surface area (Å²) in [6.45, 7) is 9.28. The fourth-order valence-electron chi connectivity index (χ4n) is 3.59. The number of carbonyl (C=O) groups is 1. The molecule has 0 radical (unpaired) electrons. The molecule has 36 heavy (non-hydrogen) atoms. The molecule has 2 aromatic rings. The second-order valence-corrected chi connectivity index (χ2v) is 11.8. The zero-order valence-electron chi connectivity index (χ0n) is 21.1. The van der Waals surface area contributed by atoms with Crippen LogP contribution in [-0.2, 0) is 23.4 Å². The minimum absolute atomic E-state index is 0.0871. The van der Waals surface area contributed by atoms with Gasteiger partial charge in [0, 0.05) is 18.2 Å². The van der Waals surface area contributed by atoms with E-state index in [0.29, 0.717) is 12.2 Å². The molecule has 2 heterocycles. The molecule has 0 spiro atoms. The maximum Gasteiger partial charge on any atom is 0.459 e. The number of esters is 1. The summed E-state index contributed by atoms with van der Waals surface area (Å²) < 4.78 is 37.6. The first-order valence-electron chi connectivity index (χ1n) is 11.8. The van der Waals surface area contributed by atoms with E-state index < -0.39 is 43.3 Å². The molecule has 2 N–H and O–H groups in total. The van der Waals surface area contributed by atoms with E-state index in [0.717, 1.165) is 0 Å². The number of aromatic amines is 1. The number of ether oxygens (including phenoxy) is 2. The standard InChI is InChI=1S/C24H34N3O8P/c1-16-13-19(34-21(16)27-12-11-20(28)25-23(27)30)14-33-36(31,35-18-9-7-6-8-10-18)26-17(2)22(29)32-15-24(3,4)5/h6-12,16-17,19,21H,13-15H2,1-5H3,(H,26,31)(H,25,28,30)/t16-,17+,19-,21+,36?/m0/s1. The van der Waals surface area contributed by atoms with Gasteiger partial charge in [0.15, 0.2) is 0 Å². The highest BCUT2D eigenvalue weighted by atomic mass is 31.2. The van der Waals surface area contributed by atoms with E-state index >= 15 is 0 Å². The van der Waals surface area contributed by atoms with Gasteiger partial charge in [-0.05, 0) is 30.9 Å². The molecule has 0 saturated carbocycles. The molecule has 1 aliphatic heterocycles. The second-order valence-electron chi connectivity index (χ2n) is 10.1. The molecule has 198 valence electrons. The minimum Gasteiger partial charge on any atom is -0.464 e. The molecule has 1 fully saturated rings. The number of para-hydroxylation sites is 1. The quantitative estimate of drug-likeness (QED) is 0.355. The number of rotatable bonds is 10. The van der Waals surface area contributed by atoms with Crippen LogP contribution in [0.2, 0.25) is 0 Å². The van der Waals surface area contributed by atoms with Crippen molar-refractivity contribution in [3.63, 3.8) is 0 Å². The van der Waals surface area contributed by atoms with Crippen LogP contribution < -0.4 is 20.9 Å². The zero-order chi connectivity index (χ0) is 26.5. The monoisotopic (exact) mass is 523 g/mol. The van der Waals surface area contributed by atoms with Crippen LogP contribution in [0.4, 0.5) is 0 Å². The van der Waals surface area contributed by atoms with E-state index in [1.54, 1.807) is 30.3 Å². The summed E-state index contributed by atoms with van der Waals surface area (Å²) in [6, 6.07) is 8.72. The Hall–Kier alpha value is -2.72. The predicted molar refractivity (Wildman–Crippen MR) is 133 cm³/mol. The van der Waals surface area contributed by atoms with Crippen LogP contribution >= 0.6 is 7.75 Å². The number of benzene rings is 1. The number of H-pyrrole nitrogens is 1. The highest BCUT2D eigenvalue weighted by Gasteiger charge is 2.38. The third-order valence-electron chi connectivity index (χ3n) is 5.33. The number of hydrogen-bond acceptors (Lipinski definition) is 8. The van der Waals surface area contributed by atoms with Crippen LogP contribution in [0.3, 0.4) is 0 Å². The van der Waals surface area contributed by atoms with Crippen molar-refractivity contribution in [1.82, 2.24) is 14.6 Å². The molecular formula is C24H34N3O8P. The van der Waals surface area contributed by atoms with Crippen molar-refractivity contribution in [2.75, 3.05) is 13.2 Å². The van der Waals surface area contributed by atoms with Crippen LogP contribution in [0.5, 0.6) is 5.75 Å². The van der Waals surface area contributed by atoms with Gasteiger partial charge in [0.2, 0.25) is 0 Å².